The highest BCUT2D eigenvalue weighted by Crippen LogP contribution is 2.36. The summed E-state index contributed by atoms with van der Waals surface area (Å²) in [5, 5.41) is 3.22. The number of thioether (sulfide) groups is 1. The highest BCUT2D eigenvalue weighted by atomic mass is 32.2. The Balaban J connectivity index is 1.44. The molecule has 1 unspecified atom stereocenters. The first-order valence-electron chi connectivity index (χ1n) is 9.46. The number of amides is 1. The van der Waals surface area contributed by atoms with Crippen molar-refractivity contribution in [2.75, 3.05) is 44.4 Å². The van der Waals surface area contributed by atoms with Crippen LogP contribution in [-0.2, 0) is 21.7 Å². The molecule has 1 N–H and O–H groups in total. The summed E-state index contributed by atoms with van der Waals surface area (Å²) in [4.78, 5) is 15.3. The van der Waals surface area contributed by atoms with E-state index in [2.05, 4.69) is 24.1 Å². The van der Waals surface area contributed by atoms with Crippen molar-refractivity contribution in [3.63, 3.8) is 0 Å². The first-order chi connectivity index (χ1) is 12.5. The number of hydrogen-bond donors (Lipinski definition) is 1. The summed E-state index contributed by atoms with van der Waals surface area (Å²) < 4.78 is 11.3. The molecule has 0 saturated carbocycles. The van der Waals surface area contributed by atoms with E-state index in [0.717, 1.165) is 49.6 Å². The third-order valence-corrected chi connectivity index (χ3v) is 7.18. The Morgan fingerprint density at radius 1 is 1.31 bits per heavy atom. The quantitative estimate of drug-likeness (QED) is 0.874. The normalized spacial score (nSPS) is 28.1. The fourth-order valence-corrected chi connectivity index (χ4v) is 5.74. The second-order valence-electron chi connectivity index (χ2n) is 7.98. The molecule has 0 radical (unpaired) electrons. The van der Waals surface area contributed by atoms with Crippen molar-refractivity contribution in [3.8, 4) is 0 Å². The van der Waals surface area contributed by atoms with Crippen LogP contribution in [0.4, 0.5) is 0 Å². The topological polar surface area (TPSA) is 50.8 Å². The van der Waals surface area contributed by atoms with Crippen molar-refractivity contribution >= 4 is 17.7 Å². The molecule has 142 valence electrons. The van der Waals surface area contributed by atoms with Crippen LogP contribution in [-0.4, -0.2) is 60.7 Å². The molecule has 3 aliphatic heterocycles. The van der Waals surface area contributed by atoms with E-state index in [4.69, 9.17) is 9.47 Å². The summed E-state index contributed by atoms with van der Waals surface area (Å²) in [5.41, 5.74) is 2.86. The number of carbonyl (C=O) groups is 1. The first kappa shape index (κ1) is 18.3. The number of morpholine rings is 1. The van der Waals surface area contributed by atoms with Gasteiger partial charge in [-0.2, -0.15) is 11.8 Å². The number of benzene rings is 1. The Morgan fingerprint density at radius 2 is 2.12 bits per heavy atom. The molecule has 0 spiro atoms. The van der Waals surface area contributed by atoms with Crippen LogP contribution in [0, 0.1) is 0 Å². The van der Waals surface area contributed by atoms with Gasteiger partial charge in [0.1, 0.15) is 0 Å². The predicted octanol–water partition coefficient (Wildman–Crippen LogP) is 2.39. The van der Waals surface area contributed by atoms with Gasteiger partial charge in [0.2, 0.25) is 0 Å². The minimum atomic E-state index is -0.258. The Morgan fingerprint density at radius 3 is 2.85 bits per heavy atom. The summed E-state index contributed by atoms with van der Waals surface area (Å²) >= 11 is 1.99. The van der Waals surface area contributed by atoms with Crippen LogP contribution in [0.5, 0.6) is 0 Å². The third-order valence-electron chi connectivity index (χ3n) is 5.95. The molecule has 1 aromatic carbocycles. The number of nitrogens with zero attached hydrogens (tertiary/aromatic N) is 1. The molecule has 0 bridgehead atoms. The van der Waals surface area contributed by atoms with Crippen LogP contribution in [0.2, 0.25) is 0 Å². The zero-order chi connectivity index (χ0) is 18.2. The summed E-state index contributed by atoms with van der Waals surface area (Å²) in [5.74, 6) is 2.26. The third kappa shape index (κ3) is 3.40. The molecular weight excluding hydrogens is 348 g/mol. The van der Waals surface area contributed by atoms with E-state index in [1.807, 2.05) is 30.0 Å². The lowest BCUT2D eigenvalue weighted by Crippen LogP contribution is -2.59. The second-order valence-corrected chi connectivity index (χ2v) is 9.09. The molecule has 5 nitrogen and oxygen atoms in total. The molecule has 1 amide bonds. The highest BCUT2D eigenvalue weighted by molar-refractivity contribution is 7.99. The van der Waals surface area contributed by atoms with Crippen LogP contribution in [0.25, 0.3) is 0 Å². The monoisotopic (exact) mass is 376 g/mol. The molecule has 2 saturated heterocycles. The van der Waals surface area contributed by atoms with E-state index in [-0.39, 0.29) is 17.0 Å². The number of fused-ring (bicyclic) bond motifs is 1. The van der Waals surface area contributed by atoms with Gasteiger partial charge < -0.3 is 14.8 Å². The summed E-state index contributed by atoms with van der Waals surface area (Å²) in [7, 11) is 0. The Labute approximate surface area is 159 Å². The van der Waals surface area contributed by atoms with Crippen LogP contribution in [0.15, 0.2) is 18.2 Å². The lowest BCUT2D eigenvalue weighted by Gasteiger charge is -2.43. The maximum Gasteiger partial charge on any atom is 0.251 e. The van der Waals surface area contributed by atoms with E-state index < -0.39 is 0 Å². The van der Waals surface area contributed by atoms with E-state index in [0.29, 0.717) is 13.2 Å². The maximum absolute atomic E-state index is 12.8. The van der Waals surface area contributed by atoms with Gasteiger partial charge >= 0.3 is 0 Å². The SMILES string of the molecule is CC1(C)OCc2cc(C(=O)NCC3(N4CCOCC4)CCSC3)ccc21. The Bertz CT molecular complexity index is 680. The van der Waals surface area contributed by atoms with Gasteiger partial charge in [-0.15, -0.1) is 0 Å². The molecule has 4 rings (SSSR count). The smallest absolute Gasteiger partial charge is 0.251 e. The van der Waals surface area contributed by atoms with Crippen LogP contribution >= 0.6 is 11.8 Å². The van der Waals surface area contributed by atoms with Crippen molar-refractivity contribution in [1.82, 2.24) is 10.2 Å². The van der Waals surface area contributed by atoms with E-state index in [9.17, 15) is 4.79 Å². The zero-order valence-corrected chi connectivity index (χ0v) is 16.5. The van der Waals surface area contributed by atoms with Crippen molar-refractivity contribution in [2.45, 2.75) is 38.0 Å². The van der Waals surface area contributed by atoms with E-state index in [1.54, 1.807) is 0 Å². The first-order valence-corrected chi connectivity index (χ1v) is 10.6. The number of ether oxygens (including phenoxy) is 2. The fourth-order valence-electron chi connectivity index (χ4n) is 4.26. The molecule has 2 fully saturated rings. The lowest BCUT2D eigenvalue weighted by molar-refractivity contribution is -0.0129. The average Bonchev–Trinajstić information content (AvgIpc) is 3.26. The molecule has 26 heavy (non-hydrogen) atoms. The summed E-state index contributed by atoms with van der Waals surface area (Å²) in [6.45, 7) is 8.94. The van der Waals surface area contributed by atoms with Gasteiger partial charge in [-0.25, -0.2) is 0 Å². The summed E-state index contributed by atoms with van der Waals surface area (Å²) in [6.07, 6.45) is 1.13. The number of carbonyl (C=O) groups excluding carboxylic acids is 1. The van der Waals surface area contributed by atoms with Gasteiger partial charge in [0, 0.05) is 36.5 Å². The van der Waals surface area contributed by atoms with Crippen LogP contribution in [0.3, 0.4) is 0 Å². The van der Waals surface area contributed by atoms with Crippen molar-refractivity contribution in [1.29, 1.82) is 0 Å². The van der Waals surface area contributed by atoms with Crippen LogP contribution < -0.4 is 5.32 Å². The fraction of sp³-hybridized carbons (Fsp3) is 0.650. The van der Waals surface area contributed by atoms with Gasteiger partial charge in [0.25, 0.3) is 5.91 Å². The molecular formula is C20H28N2O3S. The van der Waals surface area contributed by atoms with Crippen molar-refractivity contribution < 1.29 is 14.3 Å². The molecule has 1 atom stereocenters. The van der Waals surface area contributed by atoms with E-state index in [1.165, 1.54) is 11.3 Å². The second kappa shape index (κ2) is 7.15. The van der Waals surface area contributed by atoms with Gasteiger partial charge in [-0.05, 0) is 49.3 Å². The van der Waals surface area contributed by atoms with Crippen molar-refractivity contribution in [2.24, 2.45) is 0 Å². The van der Waals surface area contributed by atoms with Crippen molar-refractivity contribution in [3.05, 3.63) is 34.9 Å². The number of rotatable bonds is 4. The largest absolute Gasteiger partial charge is 0.379 e. The maximum atomic E-state index is 12.8. The minimum absolute atomic E-state index is 0.0158. The zero-order valence-electron chi connectivity index (χ0n) is 15.7. The predicted molar refractivity (Wildman–Crippen MR) is 104 cm³/mol. The summed E-state index contributed by atoms with van der Waals surface area (Å²) in [6, 6.07) is 5.96. The van der Waals surface area contributed by atoms with Gasteiger partial charge in [0.15, 0.2) is 0 Å². The molecule has 1 aromatic rings. The van der Waals surface area contributed by atoms with E-state index >= 15 is 0 Å². The van der Waals surface area contributed by atoms with Gasteiger partial charge in [-0.3, -0.25) is 9.69 Å². The molecule has 0 aliphatic carbocycles. The molecule has 6 heteroatoms. The lowest BCUT2D eigenvalue weighted by atomic mass is 9.94. The average molecular weight is 377 g/mol. The van der Waals surface area contributed by atoms with Gasteiger partial charge in [0.05, 0.1) is 25.4 Å². The molecule has 0 aromatic heterocycles. The van der Waals surface area contributed by atoms with Gasteiger partial charge in [-0.1, -0.05) is 6.07 Å². The Kier molecular flexibility index (Phi) is 5.03. The number of hydrogen-bond acceptors (Lipinski definition) is 5. The Hall–Kier alpha value is -1.08. The highest BCUT2D eigenvalue weighted by Gasteiger charge is 2.41. The molecule has 3 heterocycles. The number of nitrogens with one attached hydrogen (secondary N) is 1. The molecule has 3 aliphatic rings. The minimum Gasteiger partial charge on any atom is -0.379 e. The standard InChI is InChI=1S/C20H28N2O3S/c1-19(2)17-4-3-15(11-16(17)12-25-19)18(23)21-13-20(5-10-26-14-20)22-6-8-24-9-7-22/h3-4,11H,5-10,12-14H2,1-2H3,(H,21,23). The van der Waals surface area contributed by atoms with Crippen LogP contribution in [0.1, 0.15) is 41.8 Å².